The minimum atomic E-state index is -0.598. The number of H-pyrrole nitrogens is 1. The van der Waals surface area contributed by atoms with E-state index in [1.165, 1.54) is 11.6 Å². The fourth-order valence-corrected chi connectivity index (χ4v) is 9.00. The number of amides is 2. The molecule has 2 fully saturated rings. The van der Waals surface area contributed by atoms with Crippen LogP contribution in [0.2, 0.25) is 0 Å². The third-order valence-electron chi connectivity index (χ3n) is 12.2. The Kier molecular flexibility index (Phi) is 11.9. The van der Waals surface area contributed by atoms with Crippen LogP contribution in [0, 0.1) is 23.1 Å². The lowest BCUT2D eigenvalue weighted by molar-refractivity contribution is -0.145. The average Bonchev–Trinajstić information content (AvgIpc) is 3.49. The predicted molar refractivity (Wildman–Crippen MR) is 207 cm³/mol. The minimum Gasteiger partial charge on any atom is -0.461 e. The lowest BCUT2D eigenvalue weighted by Gasteiger charge is -2.43. The topological polar surface area (TPSA) is 145 Å². The van der Waals surface area contributed by atoms with Gasteiger partial charge in [-0.3, -0.25) is 19.2 Å². The molecule has 0 bridgehead atoms. The van der Waals surface area contributed by atoms with E-state index in [2.05, 4.69) is 34.6 Å². The number of carbonyl (C=O) groups excluding carboxylic acids is 3. The van der Waals surface area contributed by atoms with Crippen molar-refractivity contribution in [1.29, 1.82) is 0 Å². The Bertz CT molecular complexity index is 2040. The van der Waals surface area contributed by atoms with Crippen molar-refractivity contribution in [3.8, 4) is 0 Å². The number of fused-ring (bicyclic) bond motifs is 3. The van der Waals surface area contributed by atoms with Crippen LogP contribution in [-0.4, -0.2) is 94.9 Å². The molecule has 2 saturated heterocycles. The van der Waals surface area contributed by atoms with Crippen molar-refractivity contribution in [1.82, 2.24) is 25.3 Å². The van der Waals surface area contributed by atoms with Crippen LogP contribution in [-0.2, 0) is 20.7 Å². The summed E-state index contributed by atoms with van der Waals surface area (Å²) in [5.41, 5.74) is 3.20. The molecule has 0 spiro atoms. The molecule has 2 aromatic carbocycles. The van der Waals surface area contributed by atoms with Crippen molar-refractivity contribution in [3.63, 3.8) is 0 Å². The number of esters is 1. The van der Waals surface area contributed by atoms with Gasteiger partial charge in [-0.25, -0.2) is 9.49 Å². The van der Waals surface area contributed by atoms with Crippen LogP contribution >= 0.6 is 0 Å². The second-order valence-electron chi connectivity index (χ2n) is 15.9. The third-order valence-corrected chi connectivity index (χ3v) is 12.2. The Hall–Kier alpha value is -4.68. The number of hydrogen-bond acceptors (Lipinski definition) is 8. The van der Waals surface area contributed by atoms with Crippen molar-refractivity contribution >= 4 is 28.6 Å². The molecule has 3 N–H and O–H groups in total. The van der Waals surface area contributed by atoms with Gasteiger partial charge in [0.15, 0.2) is 0 Å². The van der Waals surface area contributed by atoms with Gasteiger partial charge >= 0.3 is 5.97 Å². The monoisotopic (exact) mass is 753 g/mol. The Balaban J connectivity index is 0.790. The molecule has 2 amide bonds. The molecule has 3 aromatic rings. The van der Waals surface area contributed by atoms with Gasteiger partial charge in [-0.2, -0.15) is 5.10 Å². The van der Waals surface area contributed by atoms with Crippen LogP contribution < -0.4 is 10.9 Å². The summed E-state index contributed by atoms with van der Waals surface area (Å²) in [6, 6.07) is 11.6. The van der Waals surface area contributed by atoms with Crippen LogP contribution in [0.5, 0.6) is 0 Å². The first kappa shape index (κ1) is 38.6. The smallest absolute Gasteiger partial charge is 0.311 e. The molecule has 0 saturated carbocycles. The summed E-state index contributed by atoms with van der Waals surface area (Å²) in [6.45, 7) is 5.16. The summed E-state index contributed by atoms with van der Waals surface area (Å²) >= 11 is 0. The standard InChI is InChI=1S/C43H52FN5O6/c1-43-16-9-10-29(27-50)35(43)24-32-34(42(54)55-38(32)25-43)26-45-17-8-4-2-3-5-13-39(51)48-18-20-49(21-19-48)41(53)33-22-28(14-15-36(33)44)23-37-30-11-6-7-12-31(30)40(52)47-46-37/h6-7,10-12,14-15,22,24,32,34,38,45,50H,2-5,8-9,13,16-21,23,25-27H2,1H3,(H,47,52)/t32?,34?,38?,43-/m1/s1. The Morgan fingerprint density at radius 2 is 1.76 bits per heavy atom. The molecule has 11 nitrogen and oxygen atoms in total. The normalized spacial score (nSPS) is 23.5. The molecule has 55 heavy (non-hydrogen) atoms. The molecule has 292 valence electrons. The SMILES string of the molecule is C[C@]12CCC=C(CO)C1=CC1C(C2)OC(=O)C1CNCCCCCCCC(=O)N1CCN(C(=O)c2cc(Cc3n[nH]c(=O)c4ccccc34)ccc2F)CC1. The summed E-state index contributed by atoms with van der Waals surface area (Å²) in [6.07, 6.45) is 12.6. The van der Waals surface area contributed by atoms with Gasteiger partial charge in [-0.15, -0.1) is 0 Å². The van der Waals surface area contributed by atoms with Gasteiger partial charge in [-0.05, 0) is 79.0 Å². The highest BCUT2D eigenvalue weighted by molar-refractivity contribution is 5.95. The van der Waals surface area contributed by atoms with Crippen LogP contribution in [0.25, 0.3) is 10.8 Å². The minimum absolute atomic E-state index is 0.0143. The number of allylic oxidation sites excluding steroid dienone is 1. The number of ether oxygens (including phenoxy) is 1. The highest BCUT2D eigenvalue weighted by Gasteiger charge is 2.51. The van der Waals surface area contributed by atoms with Gasteiger partial charge < -0.3 is 25.0 Å². The zero-order valence-electron chi connectivity index (χ0n) is 31.7. The Morgan fingerprint density at radius 3 is 2.56 bits per heavy atom. The molecule has 3 heterocycles. The largest absolute Gasteiger partial charge is 0.461 e. The number of carbonyl (C=O) groups is 3. The molecule has 4 atom stereocenters. The summed E-state index contributed by atoms with van der Waals surface area (Å²) in [5.74, 6) is -1.21. The van der Waals surface area contributed by atoms with Crippen LogP contribution in [0.15, 0.2) is 70.6 Å². The number of aliphatic hydroxyl groups excluding tert-OH is 1. The lowest BCUT2D eigenvalue weighted by Crippen LogP contribution is -2.50. The van der Waals surface area contributed by atoms with Crippen molar-refractivity contribution < 1.29 is 28.6 Å². The van der Waals surface area contributed by atoms with Crippen LogP contribution in [0.4, 0.5) is 4.39 Å². The summed E-state index contributed by atoms with van der Waals surface area (Å²) in [4.78, 5) is 54.7. The molecule has 7 rings (SSSR count). The molecule has 3 unspecified atom stereocenters. The number of aromatic amines is 1. The van der Waals surface area contributed by atoms with Crippen LogP contribution in [0.3, 0.4) is 0 Å². The molecule has 2 aliphatic heterocycles. The Labute approximate surface area is 321 Å². The maximum Gasteiger partial charge on any atom is 0.311 e. The number of nitrogens with zero attached hydrogens (tertiary/aromatic N) is 3. The first-order valence-electron chi connectivity index (χ1n) is 19.9. The number of rotatable bonds is 14. The number of aromatic nitrogens is 2. The van der Waals surface area contributed by atoms with Crippen molar-refractivity contribution in [2.24, 2.45) is 17.3 Å². The zero-order valence-corrected chi connectivity index (χ0v) is 31.7. The van der Waals surface area contributed by atoms with E-state index in [-0.39, 0.29) is 53.0 Å². The van der Waals surface area contributed by atoms with Crippen LogP contribution in [0.1, 0.15) is 86.3 Å². The summed E-state index contributed by atoms with van der Waals surface area (Å²) in [5, 5.41) is 21.4. The van der Waals surface area contributed by atoms with Crippen molar-refractivity contribution in [3.05, 3.63) is 98.8 Å². The fraction of sp³-hybridized carbons (Fsp3) is 0.512. The third kappa shape index (κ3) is 8.45. The molecular formula is C43H52FN5O6. The zero-order chi connectivity index (χ0) is 38.5. The Morgan fingerprint density at radius 1 is 1.02 bits per heavy atom. The van der Waals surface area contributed by atoms with E-state index in [4.69, 9.17) is 4.74 Å². The second-order valence-corrected chi connectivity index (χ2v) is 15.9. The van der Waals surface area contributed by atoms with Gasteiger partial charge in [0.2, 0.25) is 5.91 Å². The quantitative estimate of drug-likeness (QED) is 0.153. The molecule has 0 radical (unpaired) electrons. The van der Waals surface area contributed by atoms with E-state index in [0.29, 0.717) is 67.6 Å². The number of aliphatic hydroxyl groups is 1. The fourth-order valence-electron chi connectivity index (χ4n) is 9.00. The number of halogens is 1. The van der Waals surface area contributed by atoms with Crippen molar-refractivity contribution in [2.75, 3.05) is 45.9 Å². The van der Waals surface area contributed by atoms with E-state index in [0.717, 1.165) is 63.5 Å². The van der Waals surface area contributed by atoms with Gasteiger partial charge in [-0.1, -0.05) is 62.6 Å². The number of unbranched alkanes of at least 4 members (excludes halogenated alkanes) is 4. The molecule has 2 aliphatic carbocycles. The maximum absolute atomic E-state index is 14.9. The second kappa shape index (κ2) is 17.0. The van der Waals surface area contributed by atoms with Gasteiger partial charge in [0.1, 0.15) is 11.9 Å². The highest BCUT2D eigenvalue weighted by atomic mass is 19.1. The molecule has 12 heteroatoms. The van der Waals surface area contributed by atoms with E-state index < -0.39 is 11.7 Å². The number of benzene rings is 2. The van der Waals surface area contributed by atoms with E-state index >= 15 is 0 Å². The lowest BCUT2D eigenvalue weighted by atomic mass is 9.62. The molecule has 4 aliphatic rings. The van der Waals surface area contributed by atoms with E-state index in [1.54, 1.807) is 34.1 Å². The van der Waals surface area contributed by atoms with Gasteiger partial charge in [0, 0.05) is 56.9 Å². The van der Waals surface area contributed by atoms with Gasteiger partial charge in [0.05, 0.1) is 29.2 Å². The summed E-state index contributed by atoms with van der Waals surface area (Å²) in [7, 11) is 0. The van der Waals surface area contributed by atoms with E-state index in [1.807, 2.05) is 12.1 Å². The number of piperazine rings is 1. The average molecular weight is 754 g/mol. The highest BCUT2D eigenvalue weighted by Crippen LogP contribution is 2.52. The van der Waals surface area contributed by atoms with Crippen molar-refractivity contribution in [2.45, 2.75) is 77.2 Å². The van der Waals surface area contributed by atoms with Gasteiger partial charge in [0.25, 0.3) is 11.5 Å². The van der Waals surface area contributed by atoms with E-state index in [9.17, 15) is 28.7 Å². The maximum atomic E-state index is 14.9. The molecular weight excluding hydrogens is 702 g/mol. The predicted octanol–water partition coefficient (Wildman–Crippen LogP) is 5.07. The molecule has 1 aromatic heterocycles. The summed E-state index contributed by atoms with van der Waals surface area (Å²) < 4.78 is 20.8. The number of nitrogens with one attached hydrogen (secondary N) is 2. The number of hydrogen-bond donors (Lipinski definition) is 3. The first-order valence-corrected chi connectivity index (χ1v) is 19.9. The first-order chi connectivity index (χ1) is 26.6.